The average molecular weight is 282 g/mol. The SMILES string of the molecule is C[C@@H](NCc1cc(F)cc(Cl)c1)c1ccccc1F. The summed E-state index contributed by atoms with van der Waals surface area (Å²) in [5.41, 5.74) is 1.32. The lowest BCUT2D eigenvalue weighted by Gasteiger charge is -2.15. The van der Waals surface area contributed by atoms with E-state index in [1.807, 2.05) is 6.92 Å². The van der Waals surface area contributed by atoms with Gasteiger partial charge in [0.2, 0.25) is 0 Å². The molecule has 0 saturated carbocycles. The smallest absolute Gasteiger partial charge is 0.127 e. The van der Waals surface area contributed by atoms with Crippen LogP contribution in [0.2, 0.25) is 5.02 Å². The maximum atomic E-state index is 13.6. The third-order valence-corrected chi connectivity index (χ3v) is 3.12. The number of halogens is 3. The zero-order valence-electron chi connectivity index (χ0n) is 10.5. The molecule has 0 fully saturated rings. The summed E-state index contributed by atoms with van der Waals surface area (Å²) in [5, 5.41) is 3.50. The van der Waals surface area contributed by atoms with Crippen LogP contribution in [0.5, 0.6) is 0 Å². The second kappa shape index (κ2) is 6.13. The zero-order chi connectivity index (χ0) is 13.8. The Balaban J connectivity index is 2.04. The van der Waals surface area contributed by atoms with Gasteiger partial charge in [-0.3, -0.25) is 0 Å². The van der Waals surface area contributed by atoms with Crippen molar-refractivity contribution in [3.63, 3.8) is 0 Å². The highest BCUT2D eigenvalue weighted by Crippen LogP contribution is 2.18. The molecule has 1 atom stereocenters. The van der Waals surface area contributed by atoms with Crippen LogP contribution in [0.25, 0.3) is 0 Å². The highest BCUT2D eigenvalue weighted by molar-refractivity contribution is 6.30. The molecule has 0 aliphatic heterocycles. The standard InChI is InChI=1S/C15H14ClF2N/c1-10(14-4-2-3-5-15(14)18)19-9-11-6-12(16)8-13(17)7-11/h2-8,10,19H,9H2,1H3/t10-/m1/s1. The molecule has 1 nitrogen and oxygen atoms in total. The molecule has 4 heteroatoms. The second-order valence-corrected chi connectivity index (χ2v) is 4.84. The molecule has 0 spiro atoms. The van der Waals surface area contributed by atoms with Gasteiger partial charge in [0.05, 0.1) is 0 Å². The Hall–Kier alpha value is -1.45. The van der Waals surface area contributed by atoms with E-state index in [9.17, 15) is 8.78 Å². The van der Waals surface area contributed by atoms with Crippen LogP contribution in [-0.2, 0) is 6.54 Å². The Morgan fingerprint density at radius 1 is 1.16 bits per heavy atom. The fourth-order valence-electron chi connectivity index (χ4n) is 1.92. The third-order valence-electron chi connectivity index (χ3n) is 2.91. The van der Waals surface area contributed by atoms with Crippen LogP contribution in [0.4, 0.5) is 8.78 Å². The Morgan fingerprint density at radius 3 is 2.58 bits per heavy atom. The lowest BCUT2D eigenvalue weighted by atomic mass is 10.1. The van der Waals surface area contributed by atoms with Gasteiger partial charge < -0.3 is 5.32 Å². The van der Waals surface area contributed by atoms with Crippen LogP contribution in [0.15, 0.2) is 42.5 Å². The van der Waals surface area contributed by atoms with Gasteiger partial charge in [-0.1, -0.05) is 29.8 Å². The Labute approximate surface area is 116 Å². The average Bonchev–Trinajstić information content (AvgIpc) is 2.35. The van der Waals surface area contributed by atoms with Crippen molar-refractivity contribution >= 4 is 11.6 Å². The molecule has 0 aliphatic carbocycles. The maximum Gasteiger partial charge on any atom is 0.127 e. The summed E-state index contributed by atoms with van der Waals surface area (Å²) in [6, 6.07) is 10.8. The van der Waals surface area contributed by atoms with Crippen molar-refractivity contribution in [3.05, 3.63) is 70.2 Å². The highest BCUT2D eigenvalue weighted by atomic mass is 35.5. The first-order valence-corrected chi connectivity index (χ1v) is 6.37. The molecule has 0 aliphatic rings. The summed E-state index contributed by atoms with van der Waals surface area (Å²) in [4.78, 5) is 0. The zero-order valence-corrected chi connectivity index (χ0v) is 11.2. The van der Waals surface area contributed by atoms with E-state index in [4.69, 9.17) is 11.6 Å². The van der Waals surface area contributed by atoms with Crippen molar-refractivity contribution in [2.45, 2.75) is 19.5 Å². The van der Waals surface area contributed by atoms with Gasteiger partial charge in [-0.05, 0) is 36.8 Å². The largest absolute Gasteiger partial charge is 0.306 e. The van der Waals surface area contributed by atoms with Crippen molar-refractivity contribution in [2.75, 3.05) is 0 Å². The Kier molecular flexibility index (Phi) is 4.51. The maximum absolute atomic E-state index is 13.6. The van der Waals surface area contributed by atoms with Crippen molar-refractivity contribution in [3.8, 4) is 0 Å². The molecule has 0 unspecified atom stereocenters. The van der Waals surface area contributed by atoms with Crippen molar-refractivity contribution < 1.29 is 8.78 Å². The second-order valence-electron chi connectivity index (χ2n) is 4.40. The number of rotatable bonds is 4. The van der Waals surface area contributed by atoms with Gasteiger partial charge in [-0.2, -0.15) is 0 Å². The van der Waals surface area contributed by atoms with Gasteiger partial charge in [0.15, 0.2) is 0 Å². The molecule has 1 N–H and O–H groups in total. The molecule has 2 rings (SSSR count). The first kappa shape index (κ1) is 14.0. The predicted molar refractivity (Wildman–Crippen MR) is 73.1 cm³/mol. The van der Waals surface area contributed by atoms with Crippen LogP contribution in [0.3, 0.4) is 0 Å². The van der Waals surface area contributed by atoms with Gasteiger partial charge in [-0.25, -0.2) is 8.78 Å². The van der Waals surface area contributed by atoms with Crippen LogP contribution in [0.1, 0.15) is 24.1 Å². The quantitative estimate of drug-likeness (QED) is 0.872. The normalized spacial score (nSPS) is 12.4. The molecular formula is C15H14ClF2N. The van der Waals surface area contributed by atoms with Crippen LogP contribution in [-0.4, -0.2) is 0 Å². The van der Waals surface area contributed by atoms with Crippen molar-refractivity contribution in [1.82, 2.24) is 5.32 Å². The van der Waals surface area contributed by atoms with E-state index in [0.29, 0.717) is 17.1 Å². The van der Waals surface area contributed by atoms with Crippen molar-refractivity contribution in [2.24, 2.45) is 0 Å². The van der Waals surface area contributed by atoms with E-state index < -0.39 is 0 Å². The predicted octanol–water partition coefficient (Wildman–Crippen LogP) is 4.47. The van der Waals surface area contributed by atoms with E-state index in [1.54, 1.807) is 24.3 Å². The first-order chi connectivity index (χ1) is 9.06. The van der Waals surface area contributed by atoms with E-state index in [1.165, 1.54) is 18.2 Å². The molecule has 2 aromatic carbocycles. The van der Waals surface area contributed by atoms with E-state index in [-0.39, 0.29) is 17.7 Å². The summed E-state index contributed by atoms with van der Waals surface area (Å²) >= 11 is 5.78. The summed E-state index contributed by atoms with van der Waals surface area (Å²) in [6.45, 7) is 2.28. The molecule has 0 radical (unpaired) electrons. The van der Waals surface area contributed by atoms with Crippen molar-refractivity contribution in [1.29, 1.82) is 0 Å². The third kappa shape index (κ3) is 3.75. The van der Waals surface area contributed by atoms with Gasteiger partial charge in [-0.15, -0.1) is 0 Å². The Morgan fingerprint density at radius 2 is 1.89 bits per heavy atom. The molecule has 0 aromatic heterocycles. The van der Waals surface area contributed by atoms with Gasteiger partial charge in [0.1, 0.15) is 11.6 Å². The summed E-state index contributed by atoms with van der Waals surface area (Å²) in [6.07, 6.45) is 0. The van der Waals surface area contributed by atoms with E-state index >= 15 is 0 Å². The van der Waals surface area contributed by atoms with Crippen LogP contribution >= 0.6 is 11.6 Å². The van der Waals surface area contributed by atoms with E-state index in [0.717, 1.165) is 5.56 Å². The molecule has 19 heavy (non-hydrogen) atoms. The minimum absolute atomic E-state index is 0.164. The molecule has 0 amide bonds. The lowest BCUT2D eigenvalue weighted by molar-refractivity contribution is 0.526. The lowest BCUT2D eigenvalue weighted by Crippen LogP contribution is -2.19. The van der Waals surface area contributed by atoms with Gasteiger partial charge >= 0.3 is 0 Å². The molecule has 2 aromatic rings. The van der Waals surface area contributed by atoms with E-state index in [2.05, 4.69) is 5.32 Å². The number of nitrogens with one attached hydrogen (secondary N) is 1. The molecular weight excluding hydrogens is 268 g/mol. The monoisotopic (exact) mass is 281 g/mol. The Bertz CT molecular complexity index is 552. The molecule has 0 saturated heterocycles. The minimum atomic E-state index is -0.372. The number of benzene rings is 2. The molecule has 0 bridgehead atoms. The number of hydrogen-bond donors (Lipinski definition) is 1. The first-order valence-electron chi connectivity index (χ1n) is 5.99. The number of hydrogen-bond acceptors (Lipinski definition) is 1. The summed E-state index contributed by atoms with van der Waals surface area (Å²) in [7, 11) is 0. The minimum Gasteiger partial charge on any atom is -0.306 e. The summed E-state index contributed by atoms with van der Waals surface area (Å²) in [5.74, 6) is -0.623. The van der Waals surface area contributed by atoms with Crippen LogP contribution in [0, 0.1) is 11.6 Å². The van der Waals surface area contributed by atoms with Crippen LogP contribution < -0.4 is 5.32 Å². The van der Waals surface area contributed by atoms with Gasteiger partial charge in [0, 0.05) is 23.2 Å². The topological polar surface area (TPSA) is 12.0 Å². The summed E-state index contributed by atoms with van der Waals surface area (Å²) < 4.78 is 26.7. The van der Waals surface area contributed by atoms with Gasteiger partial charge in [0.25, 0.3) is 0 Å². The molecule has 100 valence electrons. The fourth-order valence-corrected chi connectivity index (χ4v) is 2.16. The highest BCUT2D eigenvalue weighted by Gasteiger charge is 2.09. The molecule has 0 heterocycles. The fraction of sp³-hybridized carbons (Fsp3) is 0.200.